The van der Waals surface area contributed by atoms with Crippen molar-refractivity contribution in [2.45, 2.75) is 29.1 Å². The van der Waals surface area contributed by atoms with E-state index in [0.717, 1.165) is 17.4 Å². The molecule has 164 valence electrons. The largest absolute Gasteiger partial charge is 0.497 e. The monoisotopic (exact) mass is 458 g/mol. The summed E-state index contributed by atoms with van der Waals surface area (Å²) in [5, 5.41) is -0.674. The van der Waals surface area contributed by atoms with Gasteiger partial charge in [0, 0.05) is 4.90 Å². The van der Waals surface area contributed by atoms with E-state index in [9.17, 15) is 12.6 Å². The highest BCUT2D eigenvalue weighted by atomic mass is 32.2. The number of rotatable bonds is 10. The lowest BCUT2D eigenvalue weighted by Crippen LogP contribution is -2.29. The molecule has 0 N–H and O–H groups in total. The second-order valence-corrected chi connectivity index (χ2v) is 10.3. The summed E-state index contributed by atoms with van der Waals surface area (Å²) in [5.74, 6) is 0.665. The highest BCUT2D eigenvalue weighted by molar-refractivity contribution is 7.86. The van der Waals surface area contributed by atoms with E-state index in [4.69, 9.17) is 8.92 Å². The predicted octanol–water partition coefficient (Wildman–Crippen LogP) is 4.52. The number of hydrogen-bond acceptors (Lipinski definition) is 5. The van der Waals surface area contributed by atoms with Crippen LogP contribution in [0.3, 0.4) is 0 Å². The number of benzene rings is 3. The SMILES string of the molecule is COc1ccc(C(C(CCc2ccccc2)OS(C)(=O)=O)S(=O)c2ccccc2)cc1. The number of methoxy groups -OCH3 is 1. The number of aryl methyl sites for hydroxylation is 1. The summed E-state index contributed by atoms with van der Waals surface area (Å²) in [7, 11) is -3.73. The molecule has 3 aromatic rings. The molecule has 3 unspecified atom stereocenters. The predicted molar refractivity (Wildman–Crippen MR) is 123 cm³/mol. The van der Waals surface area contributed by atoms with Crippen molar-refractivity contribution < 1.29 is 21.5 Å². The average molecular weight is 459 g/mol. The third-order valence-corrected chi connectivity index (χ3v) is 7.22. The van der Waals surface area contributed by atoms with Gasteiger partial charge in [-0.3, -0.25) is 8.39 Å². The standard InChI is InChI=1S/C24H26O5S2/c1-28-21-16-14-20(15-17-21)24(30(25)22-11-7-4-8-12-22)23(29-31(2,26)27)18-13-19-9-5-3-6-10-19/h3-12,14-17,23-24H,13,18H2,1-2H3. The van der Waals surface area contributed by atoms with Crippen molar-refractivity contribution in [3.63, 3.8) is 0 Å². The van der Waals surface area contributed by atoms with E-state index in [-0.39, 0.29) is 0 Å². The van der Waals surface area contributed by atoms with Crippen molar-refractivity contribution in [2.75, 3.05) is 13.4 Å². The van der Waals surface area contributed by atoms with Gasteiger partial charge in [-0.15, -0.1) is 0 Å². The maximum absolute atomic E-state index is 13.6. The average Bonchev–Trinajstić information content (AvgIpc) is 2.78. The molecule has 5 nitrogen and oxygen atoms in total. The summed E-state index contributed by atoms with van der Waals surface area (Å²) < 4.78 is 48.6. The fourth-order valence-corrected chi connectivity index (χ4v) is 5.72. The van der Waals surface area contributed by atoms with Crippen LogP contribution in [0.2, 0.25) is 0 Å². The second-order valence-electron chi connectivity index (χ2n) is 7.17. The van der Waals surface area contributed by atoms with Crippen LogP contribution in [0.5, 0.6) is 5.75 Å². The first-order valence-corrected chi connectivity index (χ1v) is 12.9. The third kappa shape index (κ3) is 6.75. The van der Waals surface area contributed by atoms with E-state index in [0.29, 0.717) is 23.5 Å². The van der Waals surface area contributed by atoms with Crippen LogP contribution in [0.15, 0.2) is 89.8 Å². The van der Waals surface area contributed by atoms with Crippen LogP contribution in [-0.4, -0.2) is 32.1 Å². The van der Waals surface area contributed by atoms with Crippen LogP contribution in [0.4, 0.5) is 0 Å². The molecule has 7 heteroatoms. The Bertz CT molecular complexity index is 1080. The Morgan fingerprint density at radius 3 is 2.00 bits per heavy atom. The zero-order valence-electron chi connectivity index (χ0n) is 17.5. The van der Waals surface area contributed by atoms with Gasteiger partial charge in [0.15, 0.2) is 0 Å². The fraction of sp³-hybridized carbons (Fsp3) is 0.250. The van der Waals surface area contributed by atoms with Gasteiger partial charge in [0.1, 0.15) is 5.75 Å². The van der Waals surface area contributed by atoms with Crippen LogP contribution >= 0.6 is 0 Å². The minimum Gasteiger partial charge on any atom is -0.497 e. The van der Waals surface area contributed by atoms with Crippen molar-refractivity contribution in [3.05, 3.63) is 96.1 Å². The zero-order valence-corrected chi connectivity index (χ0v) is 19.1. The lowest BCUT2D eigenvalue weighted by atomic mass is 10.0. The lowest BCUT2D eigenvalue weighted by Gasteiger charge is -2.26. The topological polar surface area (TPSA) is 69.7 Å². The molecule has 0 aliphatic rings. The molecule has 3 rings (SSSR count). The molecule has 0 radical (unpaired) electrons. The number of hydrogen-bond donors (Lipinski definition) is 0. The maximum atomic E-state index is 13.6. The summed E-state index contributed by atoms with van der Waals surface area (Å²) in [6.07, 6.45) is 1.22. The molecule has 0 saturated carbocycles. The summed E-state index contributed by atoms with van der Waals surface area (Å²) in [6.45, 7) is 0. The Morgan fingerprint density at radius 2 is 1.45 bits per heavy atom. The highest BCUT2D eigenvalue weighted by Gasteiger charge is 2.33. The molecule has 31 heavy (non-hydrogen) atoms. The normalized spacial score (nSPS) is 14.5. The van der Waals surface area contributed by atoms with Gasteiger partial charge in [0.05, 0.1) is 35.5 Å². The van der Waals surface area contributed by atoms with Gasteiger partial charge in [-0.25, -0.2) is 0 Å². The van der Waals surface area contributed by atoms with Gasteiger partial charge in [0.25, 0.3) is 10.1 Å². The quantitative estimate of drug-likeness (QED) is 0.418. The van der Waals surface area contributed by atoms with Crippen molar-refractivity contribution in [2.24, 2.45) is 0 Å². The molecule has 0 saturated heterocycles. The molecule has 0 aliphatic carbocycles. The van der Waals surface area contributed by atoms with Gasteiger partial charge in [0.2, 0.25) is 0 Å². The van der Waals surface area contributed by atoms with Crippen LogP contribution in [-0.2, 0) is 31.5 Å². The van der Waals surface area contributed by atoms with Gasteiger partial charge in [-0.1, -0.05) is 60.7 Å². The van der Waals surface area contributed by atoms with Crippen molar-refractivity contribution in [3.8, 4) is 5.75 Å². The smallest absolute Gasteiger partial charge is 0.264 e. The molecule has 0 bridgehead atoms. The van der Waals surface area contributed by atoms with Gasteiger partial charge < -0.3 is 4.74 Å². The maximum Gasteiger partial charge on any atom is 0.264 e. The summed E-state index contributed by atoms with van der Waals surface area (Å²) >= 11 is 0. The highest BCUT2D eigenvalue weighted by Crippen LogP contribution is 2.34. The summed E-state index contributed by atoms with van der Waals surface area (Å²) in [6, 6.07) is 26.0. The molecule has 0 heterocycles. The Hall–Kier alpha value is -2.48. The van der Waals surface area contributed by atoms with E-state index in [2.05, 4.69) is 0 Å². The first-order valence-electron chi connectivity index (χ1n) is 9.89. The van der Waals surface area contributed by atoms with Crippen LogP contribution in [0.1, 0.15) is 22.8 Å². The molecule has 0 aromatic heterocycles. The molecule has 3 atom stereocenters. The zero-order chi connectivity index (χ0) is 22.3. The Labute approximate surface area is 186 Å². The van der Waals surface area contributed by atoms with Crippen LogP contribution in [0, 0.1) is 0 Å². The van der Waals surface area contributed by atoms with Crippen molar-refractivity contribution >= 4 is 20.9 Å². The molecular weight excluding hydrogens is 432 g/mol. The van der Waals surface area contributed by atoms with Crippen molar-refractivity contribution in [1.29, 1.82) is 0 Å². The fourth-order valence-electron chi connectivity index (χ4n) is 3.40. The molecule has 0 aliphatic heterocycles. The minimum atomic E-state index is -3.77. The van der Waals surface area contributed by atoms with Gasteiger partial charge >= 0.3 is 0 Å². The van der Waals surface area contributed by atoms with Crippen LogP contribution < -0.4 is 4.74 Å². The Balaban J connectivity index is 2.00. The summed E-state index contributed by atoms with van der Waals surface area (Å²) in [5.41, 5.74) is 1.79. The molecule has 0 fully saturated rings. The van der Waals surface area contributed by atoms with E-state index >= 15 is 0 Å². The van der Waals surface area contributed by atoms with E-state index in [1.807, 2.05) is 60.7 Å². The molecule has 3 aromatic carbocycles. The van der Waals surface area contributed by atoms with Crippen molar-refractivity contribution in [1.82, 2.24) is 0 Å². The summed E-state index contributed by atoms with van der Waals surface area (Å²) in [4.78, 5) is 0.616. The van der Waals surface area contributed by atoms with E-state index < -0.39 is 32.3 Å². The van der Waals surface area contributed by atoms with Gasteiger partial charge in [-0.2, -0.15) is 8.42 Å². The van der Waals surface area contributed by atoms with Crippen LogP contribution in [0.25, 0.3) is 0 Å². The van der Waals surface area contributed by atoms with E-state index in [1.54, 1.807) is 31.4 Å². The first kappa shape index (κ1) is 23.2. The lowest BCUT2D eigenvalue weighted by molar-refractivity contribution is 0.196. The third-order valence-electron chi connectivity index (χ3n) is 4.85. The van der Waals surface area contributed by atoms with E-state index in [1.165, 1.54) is 0 Å². The second kappa shape index (κ2) is 10.7. The molecule has 0 amide bonds. The Morgan fingerprint density at radius 1 is 0.871 bits per heavy atom. The minimum absolute atomic E-state index is 0.395. The Kier molecular flexibility index (Phi) is 8.01. The molecule has 0 spiro atoms. The van der Waals surface area contributed by atoms with Gasteiger partial charge in [-0.05, 0) is 48.2 Å². The first-order chi connectivity index (χ1) is 14.9. The molecular formula is C24H26O5S2. The number of ether oxygens (including phenoxy) is 1.